The molecule has 0 unspecified atom stereocenters. The second-order valence-corrected chi connectivity index (χ2v) is 12.7. The number of fused-ring (bicyclic) bond motifs is 4. The van der Waals surface area contributed by atoms with Crippen molar-refractivity contribution in [2.24, 2.45) is 11.3 Å². The maximum atomic E-state index is 13.9. The van der Waals surface area contributed by atoms with E-state index in [0.29, 0.717) is 24.0 Å². The number of aliphatic hydroxyl groups excluding tert-OH is 1. The summed E-state index contributed by atoms with van der Waals surface area (Å²) in [5.41, 5.74) is 2.62. The summed E-state index contributed by atoms with van der Waals surface area (Å²) >= 11 is 0. The molecule has 13 nitrogen and oxygen atoms in total. The van der Waals surface area contributed by atoms with Crippen molar-refractivity contribution >= 4 is 17.7 Å². The van der Waals surface area contributed by atoms with Gasteiger partial charge in [-0.05, 0) is 40.9 Å². The third-order valence-electron chi connectivity index (χ3n) is 8.13. The molecule has 2 aromatic heterocycles. The van der Waals surface area contributed by atoms with Crippen LogP contribution in [0.15, 0.2) is 33.3 Å². The molecule has 44 heavy (non-hydrogen) atoms. The number of hydroxylamine groups is 1. The highest BCUT2D eigenvalue weighted by Crippen LogP contribution is 2.49. The molecule has 5 rings (SSSR count). The van der Waals surface area contributed by atoms with E-state index >= 15 is 0 Å². The zero-order chi connectivity index (χ0) is 32.0. The first-order chi connectivity index (χ1) is 20.8. The average Bonchev–Trinajstić information content (AvgIpc) is 3.71. The molecule has 1 aliphatic heterocycles. The number of nitrogens with zero attached hydrogens (tertiary/aromatic N) is 3. The molecule has 3 aromatic rings. The van der Waals surface area contributed by atoms with Gasteiger partial charge in [-0.1, -0.05) is 52.8 Å². The van der Waals surface area contributed by atoms with E-state index in [1.807, 2.05) is 39.0 Å². The molecule has 232 valence electrons. The first kappa shape index (κ1) is 30.9. The Morgan fingerprint density at radius 1 is 1.27 bits per heavy atom. The minimum absolute atomic E-state index is 0.0443. The molecule has 1 aromatic carbocycles. The lowest BCUT2D eigenvalue weighted by atomic mass is 9.79. The van der Waals surface area contributed by atoms with Crippen molar-refractivity contribution in [1.82, 2.24) is 26.1 Å². The molecule has 0 fully saturated rings. The normalized spacial score (nSPS) is 21.9. The number of benzene rings is 1. The van der Waals surface area contributed by atoms with Crippen LogP contribution < -0.4 is 16.1 Å². The van der Waals surface area contributed by atoms with Crippen LogP contribution in [0, 0.1) is 22.7 Å². The van der Waals surface area contributed by atoms with Crippen LogP contribution in [0.4, 0.5) is 0 Å². The smallest absolute Gasteiger partial charge is 0.296 e. The summed E-state index contributed by atoms with van der Waals surface area (Å²) in [5.74, 6) is -1.91. The summed E-state index contributed by atoms with van der Waals surface area (Å²) < 4.78 is 12.1. The van der Waals surface area contributed by atoms with Gasteiger partial charge in [0.1, 0.15) is 29.9 Å². The molecule has 3 amide bonds. The Hall–Kier alpha value is -4.54. The fraction of sp³-hybridized carbons (Fsp3) is 0.484. The molecule has 4 atom stereocenters. The van der Waals surface area contributed by atoms with E-state index < -0.39 is 46.7 Å². The van der Waals surface area contributed by atoms with Gasteiger partial charge >= 0.3 is 0 Å². The number of nitrogens with one attached hydrogen (secondary N) is 3. The number of carbonyl (C=O) groups excluding carboxylic acids is 3. The topological polar surface area (TPSA) is 193 Å². The summed E-state index contributed by atoms with van der Waals surface area (Å²) in [6.07, 6.45) is 0.923. The largest absolute Gasteiger partial charge is 0.442 e. The van der Waals surface area contributed by atoms with Gasteiger partial charge in [0.05, 0.1) is 13.2 Å². The maximum absolute atomic E-state index is 13.9. The number of hydrogen-bond donors (Lipinski definition) is 4. The fourth-order valence-electron chi connectivity index (χ4n) is 5.65. The number of hydrogen-bond acceptors (Lipinski definition) is 10. The van der Waals surface area contributed by atoms with Crippen LogP contribution in [0.3, 0.4) is 0 Å². The zero-order valence-corrected chi connectivity index (χ0v) is 25.5. The van der Waals surface area contributed by atoms with Crippen molar-refractivity contribution in [3.05, 3.63) is 58.5 Å². The number of rotatable bonds is 6. The SMILES string of the molecule is CONC(=O)c1coc(-c2nc3oc2[C@@]2(C#N)CCc4ccc(cc42)C[C@H](NC(=O)[C@@H](O)C(C)C)C(=O)N[C@H]3C(C)(C)C)n1. The van der Waals surface area contributed by atoms with Crippen LogP contribution >= 0.6 is 0 Å². The summed E-state index contributed by atoms with van der Waals surface area (Å²) in [6.45, 7) is 9.08. The van der Waals surface area contributed by atoms with Gasteiger partial charge in [0, 0.05) is 6.42 Å². The number of aryl methyl sites for hydroxylation is 1. The zero-order valence-electron chi connectivity index (χ0n) is 25.5. The second-order valence-electron chi connectivity index (χ2n) is 12.7. The Morgan fingerprint density at radius 2 is 2.02 bits per heavy atom. The quantitative estimate of drug-likeness (QED) is 0.304. The molecular weight excluding hydrogens is 568 g/mol. The summed E-state index contributed by atoms with van der Waals surface area (Å²) in [4.78, 5) is 52.9. The van der Waals surface area contributed by atoms with Gasteiger partial charge in [0.15, 0.2) is 17.1 Å². The van der Waals surface area contributed by atoms with E-state index in [0.717, 1.165) is 11.8 Å². The van der Waals surface area contributed by atoms with Crippen molar-refractivity contribution in [3.8, 4) is 17.7 Å². The molecule has 3 heterocycles. The number of aromatic nitrogens is 2. The molecule has 1 aliphatic carbocycles. The predicted molar refractivity (Wildman–Crippen MR) is 154 cm³/mol. The van der Waals surface area contributed by atoms with Crippen molar-refractivity contribution < 1.29 is 33.2 Å². The molecule has 0 saturated carbocycles. The van der Waals surface area contributed by atoms with E-state index in [1.165, 1.54) is 7.11 Å². The summed E-state index contributed by atoms with van der Waals surface area (Å²) in [5, 5.41) is 26.9. The highest BCUT2D eigenvalue weighted by atomic mass is 16.6. The molecule has 4 N–H and O–H groups in total. The number of oxazole rings is 2. The van der Waals surface area contributed by atoms with Gasteiger partial charge in [-0.25, -0.2) is 15.4 Å². The molecule has 0 radical (unpaired) electrons. The van der Waals surface area contributed by atoms with Crippen LogP contribution in [0.2, 0.25) is 0 Å². The first-order valence-corrected chi connectivity index (χ1v) is 14.4. The lowest BCUT2D eigenvalue weighted by Gasteiger charge is -2.31. The van der Waals surface area contributed by atoms with Crippen molar-refractivity contribution in [1.29, 1.82) is 5.26 Å². The first-order valence-electron chi connectivity index (χ1n) is 14.4. The van der Waals surface area contributed by atoms with Crippen LogP contribution in [-0.2, 0) is 32.7 Å². The number of nitriles is 1. The van der Waals surface area contributed by atoms with E-state index in [-0.39, 0.29) is 41.3 Å². The minimum Gasteiger partial charge on any atom is -0.442 e. The number of aliphatic hydroxyl groups is 1. The van der Waals surface area contributed by atoms with E-state index in [9.17, 15) is 24.8 Å². The van der Waals surface area contributed by atoms with Crippen molar-refractivity contribution in [2.75, 3.05) is 7.11 Å². The monoisotopic (exact) mass is 604 g/mol. The van der Waals surface area contributed by atoms with Crippen LogP contribution in [0.1, 0.15) is 85.9 Å². The Kier molecular flexibility index (Phi) is 8.09. The summed E-state index contributed by atoms with van der Waals surface area (Å²) in [7, 11) is 1.29. The lowest BCUT2D eigenvalue weighted by Crippen LogP contribution is -2.53. The van der Waals surface area contributed by atoms with E-state index in [1.54, 1.807) is 13.8 Å². The predicted octanol–water partition coefficient (Wildman–Crippen LogP) is 2.64. The van der Waals surface area contributed by atoms with Crippen LogP contribution in [-0.4, -0.2) is 52.1 Å². The Balaban J connectivity index is 1.70. The Morgan fingerprint density at radius 3 is 2.68 bits per heavy atom. The number of amides is 3. The highest BCUT2D eigenvalue weighted by Gasteiger charge is 2.49. The molecule has 0 saturated heterocycles. The molecular formula is C31H36N6O7. The van der Waals surface area contributed by atoms with Gasteiger partial charge in [-0.3, -0.25) is 19.2 Å². The Bertz CT molecular complexity index is 1650. The van der Waals surface area contributed by atoms with Crippen molar-refractivity contribution in [3.63, 3.8) is 0 Å². The lowest BCUT2D eigenvalue weighted by molar-refractivity contribution is -0.136. The third kappa shape index (κ3) is 5.46. The molecule has 2 aliphatic rings. The van der Waals surface area contributed by atoms with Gasteiger partial charge in [-0.15, -0.1) is 0 Å². The third-order valence-corrected chi connectivity index (χ3v) is 8.13. The molecule has 13 heteroatoms. The van der Waals surface area contributed by atoms with Gasteiger partial charge in [0.25, 0.3) is 5.91 Å². The van der Waals surface area contributed by atoms with Crippen molar-refractivity contribution in [2.45, 2.75) is 77.5 Å². The van der Waals surface area contributed by atoms with Gasteiger partial charge in [-0.2, -0.15) is 5.26 Å². The second kappa shape index (κ2) is 11.5. The molecule has 0 spiro atoms. The van der Waals surface area contributed by atoms with Crippen LogP contribution in [0.25, 0.3) is 11.6 Å². The average molecular weight is 605 g/mol. The number of carbonyl (C=O) groups is 3. The summed E-state index contributed by atoms with van der Waals surface area (Å²) in [6, 6.07) is 6.23. The van der Waals surface area contributed by atoms with Crippen LogP contribution in [0.5, 0.6) is 0 Å². The van der Waals surface area contributed by atoms with Gasteiger partial charge < -0.3 is 24.6 Å². The maximum Gasteiger partial charge on any atom is 0.296 e. The van der Waals surface area contributed by atoms with Gasteiger partial charge in [0.2, 0.25) is 23.6 Å². The van der Waals surface area contributed by atoms with E-state index in [2.05, 4.69) is 27.2 Å². The highest BCUT2D eigenvalue weighted by molar-refractivity contribution is 5.91. The minimum atomic E-state index is -1.30. The fourth-order valence-corrected chi connectivity index (χ4v) is 5.65. The van der Waals surface area contributed by atoms with E-state index in [4.69, 9.17) is 18.7 Å². The Labute approximate surface area is 254 Å². The molecule has 4 bridgehead atoms. The standard InChI is InChI=1S/C31H36N6O7/c1-15(2)22(38)27(41)33-19-12-16-7-8-17-9-10-31(14-32,18(17)11-16)24-21(28-34-20(13-43-28)26(40)37-42-6)35-29(44-24)23(30(3,4)5)36-25(19)39/h7-8,11,13,15,19,22-23,38H,9-10,12H2,1-6H3,(H,33,41)(H,36,39)(H,37,40)/t19-,22-,23+,31+/m0/s1.